The lowest BCUT2D eigenvalue weighted by Gasteiger charge is -2.09. The summed E-state index contributed by atoms with van der Waals surface area (Å²) in [6, 6.07) is 6.92. The highest BCUT2D eigenvalue weighted by molar-refractivity contribution is 5.89. The number of pyridine rings is 1. The molecule has 0 saturated heterocycles. The zero-order chi connectivity index (χ0) is 17.9. The molecular formula is C18H17N5O3. The number of ether oxygens (including phenoxy) is 2. The fourth-order valence-electron chi connectivity index (χ4n) is 2.64. The number of urea groups is 1. The second-order valence-electron chi connectivity index (χ2n) is 5.86. The summed E-state index contributed by atoms with van der Waals surface area (Å²) in [7, 11) is 1.86. The highest BCUT2D eigenvalue weighted by Crippen LogP contribution is 2.34. The predicted octanol–water partition coefficient (Wildman–Crippen LogP) is 2.53. The SMILES string of the molecule is Cn1cc(-c2cncc(CNC(=O)Nc3ccc4c(c3)OCO4)c2)cn1. The minimum atomic E-state index is -0.310. The summed E-state index contributed by atoms with van der Waals surface area (Å²) in [4.78, 5) is 16.3. The van der Waals surface area contributed by atoms with E-state index >= 15 is 0 Å². The maximum atomic E-state index is 12.1. The number of aryl methyl sites for hydroxylation is 1. The molecule has 132 valence electrons. The molecule has 26 heavy (non-hydrogen) atoms. The Morgan fingerprint density at radius 3 is 2.88 bits per heavy atom. The van der Waals surface area contributed by atoms with Crippen LogP contribution < -0.4 is 20.1 Å². The van der Waals surface area contributed by atoms with E-state index in [0.29, 0.717) is 23.7 Å². The molecule has 3 aromatic rings. The quantitative estimate of drug-likeness (QED) is 0.754. The molecule has 0 aliphatic carbocycles. The number of hydrogen-bond acceptors (Lipinski definition) is 5. The number of aromatic nitrogens is 3. The Bertz CT molecular complexity index is 954. The average Bonchev–Trinajstić information content (AvgIpc) is 3.28. The van der Waals surface area contributed by atoms with E-state index in [0.717, 1.165) is 16.7 Å². The second-order valence-corrected chi connectivity index (χ2v) is 5.86. The highest BCUT2D eigenvalue weighted by atomic mass is 16.7. The van der Waals surface area contributed by atoms with Gasteiger partial charge < -0.3 is 20.1 Å². The van der Waals surface area contributed by atoms with Crippen molar-refractivity contribution in [1.82, 2.24) is 20.1 Å². The van der Waals surface area contributed by atoms with Gasteiger partial charge in [0.15, 0.2) is 11.5 Å². The maximum Gasteiger partial charge on any atom is 0.319 e. The Balaban J connectivity index is 1.37. The molecule has 4 rings (SSSR count). The molecule has 1 aliphatic rings. The number of hydrogen-bond donors (Lipinski definition) is 2. The van der Waals surface area contributed by atoms with Gasteiger partial charge in [0.25, 0.3) is 0 Å². The van der Waals surface area contributed by atoms with Gasteiger partial charge in [-0.05, 0) is 23.8 Å². The number of carbonyl (C=O) groups excluding carboxylic acids is 1. The molecule has 1 aromatic carbocycles. The third-order valence-corrected chi connectivity index (χ3v) is 3.92. The van der Waals surface area contributed by atoms with Crippen LogP contribution in [0.3, 0.4) is 0 Å². The number of carbonyl (C=O) groups is 1. The second kappa shape index (κ2) is 6.75. The van der Waals surface area contributed by atoms with Crippen molar-refractivity contribution in [2.45, 2.75) is 6.54 Å². The van der Waals surface area contributed by atoms with E-state index in [9.17, 15) is 4.79 Å². The number of benzene rings is 1. The standard InChI is InChI=1S/C18H17N5O3/c1-23-10-14(9-21-23)13-4-12(6-19-8-13)7-20-18(24)22-15-2-3-16-17(5-15)26-11-25-16/h2-6,8-10H,7,11H2,1H3,(H2,20,22,24). The van der Waals surface area contributed by atoms with E-state index in [2.05, 4.69) is 20.7 Å². The van der Waals surface area contributed by atoms with Crippen LogP contribution in [0.1, 0.15) is 5.56 Å². The molecule has 8 nitrogen and oxygen atoms in total. The van der Waals surface area contributed by atoms with Crippen molar-refractivity contribution in [2.24, 2.45) is 7.05 Å². The number of rotatable bonds is 4. The van der Waals surface area contributed by atoms with E-state index in [1.165, 1.54) is 0 Å². The molecule has 0 spiro atoms. The molecule has 8 heteroatoms. The molecule has 2 aromatic heterocycles. The number of nitrogens with one attached hydrogen (secondary N) is 2. The van der Waals surface area contributed by atoms with E-state index in [4.69, 9.17) is 9.47 Å². The van der Waals surface area contributed by atoms with Crippen molar-refractivity contribution >= 4 is 11.7 Å². The van der Waals surface area contributed by atoms with E-state index in [1.807, 2.05) is 19.3 Å². The number of anilines is 1. The van der Waals surface area contributed by atoms with Crippen LogP contribution in [-0.2, 0) is 13.6 Å². The first kappa shape index (κ1) is 15.9. The summed E-state index contributed by atoms with van der Waals surface area (Å²) < 4.78 is 12.3. The molecule has 0 bridgehead atoms. The molecule has 3 heterocycles. The molecule has 0 saturated carbocycles. The summed E-state index contributed by atoms with van der Waals surface area (Å²) >= 11 is 0. The highest BCUT2D eigenvalue weighted by Gasteiger charge is 2.14. The van der Waals surface area contributed by atoms with Crippen LogP contribution in [0.2, 0.25) is 0 Å². The van der Waals surface area contributed by atoms with Crippen LogP contribution in [0, 0.1) is 0 Å². The monoisotopic (exact) mass is 351 g/mol. The molecule has 2 N–H and O–H groups in total. The van der Waals surface area contributed by atoms with Gasteiger partial charge in [-0.3, -0.25) is 9.67 Å². The van der Waals surface area contributed by atoms with Crippen molar-refractivity contribution in [3.63, 3.8) is 0 Å². The van der Waals surface area contributed by atoms with Gasteiger partial charge in [0.1, 0.15) is 0 Å². The summed E-state index contributed by atoms with van der Waals surface area (Å²) in [5.41, 5.74) is 3.46. The molecule has 0 radical (unpaired) electrons. The topological polar surface area (TPSA) is 90.3 Å². The van der Waals surface area contributed by atoms with E-state index < -0.39 is 0 Å². The van der Waals surface area contributed by atoms with Crippen molar-refractivity contribution in [1.29, 1.82) is 0 Å². The van der Waals surface area contributed by atoms with Gasteiger partial charge in [-0.1, -0.05) is 0 Å². The molecule has 0 fully saturated rings. The first-order valence-electron chi connectivity index (χ1n) is 8.05. The van der Waals surface area contributed by atoms with Crippen LogP contribution in [0.25, 0.3) is 11.1 Å². The Labute approximate surface area is 149 Å². The van der Waals surface area contributed by atoms with Gasteiger partial charge in [0.05, 0.1) is 6.20 Å². The number of amides is 2. The summed E-state index contributed by atoms with van der Waals surface area (Å²) in [6.45, 7) is 0.558. The van der Waals surface area contributed by atoms with Gasteiger partial charge in [-0.2, -0.15) is 5.10 Å². The third-order valence-electron chi connectivity index (χ3n) is 3.92. The molecule has 0 atom stereocenters. The number of fused-ring (bicyclic) bond motifs is 1. The summed E-state index contributed by atoms with van der Waals surface area (Å²) in [6.07, 6.45) is 7.19. The lowest BCUT2D eigenvalue weighted by molar-refractivity contribution is 0.174. The normalized spacial score (nSPS) is 12.0. The predicted molar refractivity (Wildman–Crippen MR) is 94.9 cm³/mol. The van der Waals surface area contributed by atoms with Crippen molar-refractivity contribution in [3.8, 4) is 22.6 Å². The van der Waals surface area contributed by atoms with Crippen molar-refractivity contribution in [3.05, 3.63) is 54.6 Å². The van der Waals surface area contributed by atoms with Crippen molar-refractivity contribution < 1.29 is 14.3 Å². The van der Waals surface area contributed by atoms with E-state index in [-0.39, 0.29) is 12.8 Å². The average molecular weight is 351 g/mol. The lowest BCUT2D eigenvalue weighted by atomic mass is 10.1. The van der Waals surface area contributed by atoms with Crippen LogP contribution in [0.15, 0.2) is 49.1 Å². The molecule has 0 unspecified atom stereocenters. The van der Waals surface area contributed by atoms with Crippen LogP contribution in [0.5, 0.6) is 11.5 Å². The van der Waals surface area contributed by atoms with Gasteiger partial charge in [-0.15, -0.1) is 0 Å². The van der Waals surface area contributed by atoms with Crippen molar-refractivity contribution in [2.75, 3.05) is 12.1 Å². The van der Waals surface area contributed by atoms with Crippen LogP contribution in [-0.4, -0.2) is 27.6 Å². The van der Waals surface area contributed by atoms with Gasteiger partial charge in [0.2, 0.25) is 6.79 Å². The van der Waals surface area contributed by atoms with Gasteiger partial charge >= 0.3 is 6.03 Å². The minimum Gasteiger partial charge on any atom is -0.454 e. The fraction of sp³-hybridized carbons (Fsp3) is 0.167. The van der Waals surface area contributed by atoms with Gasteiger partial charge in [0, 0.05) is 55.1 Å². The number of nitrogens with zero attached hydrogens (tertiary/aromatic N) is 3. The maximum absolute atomic E-state index is 12.1. The largest absolute Gasteiger partial charge is 0.454 e. The fourth-order valence-corrected chi connectivity index (χ4v) is 2.64. The minimum absolute atomic E-state index is 0.200. The molecular weight excluding hydrogens is 334 g/mol. The first-order chi connectivity index (χ1) is 12.7. The van der Waals surface area contributed by atoms with E-state index in [1.54, 1.807) is 41.5 Å². The lowest BCUT2D eigenvalue weighted by Crippen LogP contribution is -2.28. The zero-order valence-corrected chi connectivity index (χ0v) is 14.1. The third kappa shape index (κ3) is 3.44. The van der Waals surface area contributed by atoms with Crippen LogP contribution >= 0.6 is 0 Å². The molecule has 1 aliphatic heterocycles. The Hall–Kier alpha value is -3.55. The summed E-state index contributed by atoms with van der Waals surface area (Å²) in [5, 5.41) is 9.75. The summed E-state index contributed by atoms with van der Waals surface area (Å²) in [5.74, 6) is 1.30. The van der Waals surface area contributed by atoms with Gasteiger partial charge in [-0.25, -0.2) is 4.79 Å². The van der Waals surface area contributed by atoms with Crippen LogP contribution in [0.4, 0.5) is 10.5 Å². The Kier molecular flexibility index (Phi) is 4.14. The smallest absolute Gasteiger partial charge is 0.319 e. The molecule has 2 amide bonds. The zero-order valence-electron chi connectivity index (χ0n) is 14.1. The Morgan fingerprint density at radius 1 is 1.15 bits per heavy atom. The Morgan fingerprint density at radius 2 is 2.04 bits per heavy atom. The first-order valence-corrected chi connectivity index (χ1v) is 8.05.